The van der Waals surface area contributed by atoms with Crippen molar-refractivity contribution >= 4 is 11.5 Å². The molecule has 0 saturated carbocycles. The van der Waals surface area contributed by atoms with Gasteiger partial charge in [0.15, 0.2) is 0 Å². The van der Waals surface area contributed by atoms with Crippen molar-refractivity contribution in [3.63, 3.8) is 0 Å². The zero-order valence-electron chi connectivity index (χ0n) is 10.0. The summed E-state index contributed by atoms with van der Waals surface area (Å²) in [5.41, 5.74) is 0.944. The Morgan fingerprint density at radius 2 is 1.28 bits per heavy atom. The van der Waals surface area contributed by atoms with Crippen LogP contribution in [-0.2, 0) is 0 Å². The van der Waals surface area contributed by atoms with E-state index in [0.29, 0.717) is 11.1 Å². The molecule has 0 radical (unpaired) electrons. The SMILES string of the molecule is O=C(/C(=N\[O-])c1ccccc1)c1ccccc1.[Na+]. The maximum atomic E-state index is 12.0. The normalized spacial score (nSPS) is 10.6. The third kappa shape index (κ3) is 3.29. The van der Waals surface area contributed by atoms with Crippen molar-refractivity contribution in [1.29, 1.82) is 0 Å². The summed E-state index contributed by atoms with van der Waals surface area (Å²) < 4.78 is 0. The molecule has 0 aromatic heterocycles. The molecule has 0 aliphatic carbocycles. The number of hydrogen-bond donors (Lipinski definition) is 0. The summed E-state index contributed by atoms with van der Waals surface area (Å²) in [4.78, 5) is 12.0. The molecular weight excluding hydrogens is 237 g/mol. The summed E-state index contributed by atoms with van der Waals surface area (Å²) in [6.07, 6.45) is 0. The number of carbonyl (C=O) groups excluding carboxylic acids is 1. The summed E-state index contributed by atoms with van der Waals surface area (Å²) in [6.45, 7) is 0. The maximum Gasteiger partial charge on any atom is 1.00 e. The van der Waals surface area contributed by atoms with Crippen molar-refractivity contribution in [2.24, 2.45) is 5.16 Å². The molecule has 2 aromatic rings. The number of hydrogen-bond acceptors (Lipinski definition) is 3. The van der Waals surface area contributed by atoms with Crippen LogP contribution in [0.1, 0.15) is 15.9 Å². The molecule has 0 saturated heterocycles. The van der Waals surface area contributed by atoms with Crippen LogP contribution in [0.2, 0.25) is 0 Å². The van der Waals surface area contributed by atoms with Gasteiger partial charge in [-0.25, -0.2) is 0 Å². The molecule has 2 aromatic carbocycles. The predicted molar refractivity (Wildman–Crippen MR) is 67.1 cm³/mol. The first-order valence-corrected chi connectivity index (χ1v) is 5.18. The van der Waals surface area contributed by atoms with E-state index >= 15 is 0 Å². The number of carbonyl (C=O) groups is 1. The molecule has 0 fully saturated rings. The summed E-state index contributed by atoms with van der Waals surface area (Å²) in [5.74, 6) is -0.355. The van der Waals surface area contributed by atoms with Crippen molar-refractivity contribution in [2.75, 3.05) is 0 Å². The zero-order chi connectivity index (χ0) is 12.1. The Bertz CT molecular complexity index is 538. The first kappa shape index (κ1) is 14.6. The van der Waals surface area contributed by atoms with Crippen LogP contribution in [0, 0.1) is 5.21 Å². The van der Waals surface area contributed by atoms with E-state index in [1.807, 2.05) is 12.1 Å². The summed E-state index contributed by atoms with van der Waals surface area (Å²) in [7, 11) is 0. The molecule has 2 rings (SSSR count). The first-order chi connectivity index (χ1) is 8.33. The molecule has 0 bridgehead atoms. The number of ketones is 1. The Labute approximate surface area is 127 Å². The van der Waals surface area contributed by atoms with E-state index in [-0.39, 0.29) is 41.1 Å². The molecule has 0 atom stereocenters. The molecule has 0 unspecified atom stereocenters. The van der Waals surface area contributed by atoms with E-state index in [4.69, 9.17) is 0 Å². The summed E-state index contributed by atoms with van der Waals surface area (Å²) in [5, 5.41) is 13.7. The van der Waals surface area contributed by atoms with Crippen LogP contribution in [0.5, 0.6) is 0 Å². The topological polar surface area (TPSA) is 52.5 Å². The largest absolute Gasteiger partial charge is 1.00 e. The van der Waals surface area contributed by atoms with Crippen molar-refractivity contribution < 1.29 is 34.4 Å². The minimum atomic E-state index is -0.355. The number of nitrogens with zero attached hydrogens (tertiary/aromatic N) is 1. The van der Waals surface area contributed by atoms with Gasteiger partial charge >= 0.3 is 29.6 Å². The van der Waals surface area contributed by atoms with E-state index in [0.717, 1.165) is 0 Å². The second-order valence-corrected chi connectivity index (χ2v) is 3.50. The fraction of sp³-hybridized carbons (Fsp3) is 0. The second-order valence-electron chi connectivity index (χ2n) is 3.50. The summed E-state index contributed by atoms with van der Waals surface area (Å²) in [6, 6.07) is 17.4. The van der Waals surface area contributed by atoms with E-state index < -0.39 is 0 Å². The van der Waals surface area contributed by atoms with Crippen molar-refractivity contribution in [1.82, 2.24) is 0 Å². The molecule has 0 amide bonds. The van der Waals surface area contributed by atoms with E-state index in [2.05, 4.69) is 5.16 Å². The molecule has 0 heterocycles. The average molecular weight is 247 g/mol. The monoisotopic (exact) mass is 247 g/mol. The fourth-order valence-electron chi connectivity index (χ4n) is 1.55. The van der Waals surface area contributed by atoms with Gasteiger partial charge in [-0.2, -0.15) is 0 Å². The van der Waals surface area contributed by atoms with E-state index in [1.165, 1.54) is 0 Å². The van der Waals surface area contributed by atoms with Crippen LogP contribution in [0.15, 0.2) is 65.8 Å². The Hall–Kier alpha value is -1.42. The van der Waals surface area contributed by atoms with Crippen LogP contribution < -0.4 is 29.6 Å². The quantitative estimate of drug-likeness (QED) is 0.328. The van der Waals surface area contributed by atoms with Crippen molar-refractivity contribution in [3.8, 4) is 0 Å². The van der Waals surface area contributed by atoms with Crippen LogP contribution in [-0.4, -0.2) is 11.5 Å². The zero-order valence-corrected chi connectivity index (χ0v) is 12.0. The molecule has 18 heavy (non-hydrogen) atoms. The van der Waals surface area contributed by atoms with Crippen LogP contribution in [0.25, 0.3) is 0 Å². The number of benzene rings is 2. The predicted octanol–water partition coefficient (Wildman–Crippen LogP) is -0.140. The third-order valence-corrected chi connectivity index (χ3v) is 2.39. The molecule has 0 aliphatic rings. The Kier molecular flexibility index (Phi) is 5.78. The van der Waals surface area contributed by atoms with Crippen LogP contribution in [0.4, 0.5) is 0 Å². The van der Waals surface area contributed by atoms with Crippen molar-refractivity contribution in [3.05, 3.63) is 77.0 Å². The number of rotatable bonds is 3. The van der Waals surface area contributed by atoms with Crippen molar-refractivity contribution in [2.45, 2.75) is 0 Å². The minimum Gasteiger partial charge on any atom is -0.791 e. The summed E-state index contributed by atoms with van der Waals surface area (Å²) >= 11 is 0. The Morgan fingerprint density at radius 1 is 0.833 bits per heavy atom. The fourth-order valence-corrected chi connectivity index (χ4v) is 1.55. The molecule has 0 aliphatic heterocycles. The van der Waals surface area contributed by atoms with Gasteiger partial charge in [-0.3, -0.25) is 4.79 Å². The molecule has 0 N–H and O–H groups in total. The van der Waals surface area contributed by atoms with Gasteiger partial charge in [-0.15, -0.1) is 0 Å². The van der Waals surface area contributed by atoms with Gasteiger partial charge in [0.05, 0.1) is 0 Å². The smallest absolute Gasteiger partial charge is 0.791 e. The molecule has 3 nitrogen and oxygen atoms in total. The molecule has 84 valence electrons. The van der Waals surface area contributed by atoms with Gasteiger partial charge in [0.25, 0.3) is 0 Å². The Morgan fingerprint density at radius 3 is 1.72 bits per heavy atom. The van der Waals surface area contributed by atoms with Gasteiger partial charge in [0, 0.05) is 11.1 Å². The van der Waals surface area contributed by atoms with Gasteiger partial charge < -0.3 is 10.4 Å². The van der Waals surface area contributed by atoms with Crippen LogP contribution >= 0.6 is 0 Å². The number of Topliss-reactive ketones (excluding diaryl/α,β-unsaturated/α-hetero) is 1. The van der Waals surface area contributed by atoms with Gasteiger partial charge in [-0.05, 0) is 0 Å². The average Bonchev–Trinajstić information content (AvgIpc) is 2.42. The van der Waals surface area contributed by atoms with E-state index in [9.17, 15) is 10.0 Å². The molecular formula is C14H10NNaO2. The standard InChI is InChI=1S/C14H11NO2.Na/c16-14(12-9-5-2-6-10-12)13(15-17)11-7-3-1-4-8-11;/h1-10,17H;/q;+1/p-1/b15-13-;. The Balaban J connectivity index is 0.00000162. The minimum absolute atomic E-state index is 0. The second kappa shape index (κ2) is 7.11. The van der Waals surface area contributed by atoms with Gasteiger partial charge in [0.2, 0.25) is 5.78 Å². The van der Waals surface area contributed by atoms with Crippen LogP contribution in [0.3, 0.4) is 0 Å². The first-order valence-electron chi connectivity index (χ1n) is 5.18. The van der Waals surface area contributed by atoms with E-state index in [1.54, 1.807) is 48.5 Å². The third-order valence-electron chi connectivity index (χ3n) is 2.39. The van der Waals surface area contributed by atoms with Gasteiger partial charge in [-0.1, -0.05) is 60.7 Å². The maximum absolute atomic E-state index is 12.0. The van der Waals surface area contributed by atoms with Gasteiger partial charge in [0.1, 0.15) is 5.71 Å². The molecule has 0 spiro atoms. The molecule has 4 heteroatoms.